The molecule has 0 saturated heterocycles. The predicted octanol–water partition coefficient (Wildman–Crippen LogP) is 4.41. The summed E-state index contributed by atoms with van der Waals surface area (Å²) in [6.07, 6.45) is 1.06. The maximum atomic E-state index is 5.26. The zero-order valence-electron chi connectivity index (χ0n) is 13.4. The maximum Gasteiger partial charge on any atom is 0.191 e. The van der Waals surface area contributed by atoms with E-state index in [9.17, 15) is 0 Å². The molecule has 0 bridgehead atoms. The van der Waals surface area contributed by atoms with Gasteiger partial charge in [0.1, 0.15) is 5.75 Å². The Morgan fingerprint density at radius 3 is 2.87 bits per heavy atom. The number of ether oxygens (including phenoxy) is 1. The number of thioether (sulfide) groups is 1. The molecule has 0 aliphatic carbocycles. The first-order valence-electron chi connectivity index (χ1n) is 7.44. The first-order valence-corrected chi connectivity index (χ1v) is 9.30. The zero-order valence-corrected chi connectivity index (χ0v) is 15.1. The third-order valence-corrected chi connectivity index (χ3v) is 5.77. The Morgan fingerprint density at radius 2 is 2.13 bits per heavy atom. The SMILES string of the molecule is CCc1cc(-c2nnc(SCc3cccc(OC)c3)n2C)cs1. The van der Waals surface area contributed by atoms with Gasteiger partial charge >= 0.3 is 0 Å². The molecule has 2 aromatic heterocycles. The van der Waals surface area contributed by atoms with Crippen LogP contribution in [0.2, 0.25) is 0 Å². The minimum absolute atomic E-state index is 0.840. The van der Waals surface area contributed by atoms with Crippen molar-refractivity contribution < 1.29 is 4.74 Å². The van der Waals surface area contributed by atoms with Crippen molar-refractivity contribution >= 4 is 23.1 Å². The minimum Gasteiger partial charge on any atom is -0.497 e. The lowest BCUT2D eigenvalue weighted by Crippen LogP contribution is -1.94. The molecule has 0 aliphatic heterocycles. The smallest absolute Gasteiger partial charge is 0.191 e. The molecule has 0 amide bonds. The molecule has 2 heterocycles. The first-order chi connectivity index (χ1) is 11.2. The van der Waals surface area contributed by atoms with E-state index < -0.39 is 0 Å². The standard InChI is InChI=1S/C17H19N3OS2/c1-4-15-9-13(11-22-15)16-18-19-17(20(16)2)23-10-12-6-5-7-14(8-12)21-3/h5-9,11H,4,10H2,1-3H3. The Bertz CT molecular complexity index is 795. The Balaban J connectivity index is 1.74. The van der Waals surface area contributed by atoms with Gasteiger partial charge in [-0.2, -0.15) is 0 Å². The normalized spacial score (nSPS) is 10.9. The second-order valence-electron chi connectivity index (χ2n) is 5.16. The molecule has 1 aromatic carbocycles. The van der Waals surface area contributed by atoms with Crippen molar-refractivity contribution in [2.45, 2.75) is 24.3 Å². The third-order valence-electron chi connectivity index (χ3n) is 3.60. The predicted molar refractivity (Wildman–Crippen MR) is 96.2 cm³/mol. The van der Waals surface area contributed by atoms with Crippen LogP contribution in [-0.2, 0) is 19.2 Å². The topological polar surface area (TPSA) is 39.9 Å². The van der Waals surface area contributed by atoms with E-state index in [2.05, 4.69) is 45.3 Å². The van der Waals surface area contributed by atoms with Crippen LogP contribution in [-0.4, -0.2) is 21.9 Å². The van der Waals surface area contributed by atoms with Gasteiger partial charge in [-0.3, -0.25) is 0 Å². The lowest BCUT2D eigenvalue weighted by atomic mass is 10.2. The average Bonchev–Trinajstić information content (AvgIpc) is 3.19. The van der Waals surface area contributed by atoms with E-state index >= 15 is 0 Å². The number of hydrogen-bond acceptors (Lipinski definition) is 5. The highest BCUT2D eigenvalue weighted by Gasteiger charge is 2.13. The maximum absolute atomic E-state index is 5.26. The van der Waals surface area contributed by atoms with Gasteiger partial charge in [-0.05, 0) is 30.2 Å². The summed E-state index contributed by atoms with van der Waals surface area (Å²) in [4.78, 5) is 1.37. The minimum atomic E-state index is 0.840. The van der Waals surface area contributed by atoms with Crippen LogP contribution in [0.25, 0.3) is 11.4 Å². The van der Waals surface area contributed by atoms with Crippen LogP contribution in [0.5, 0.6) is 5.75 Å². The van der Waals surface area contributed by atoms with E-state index in [0.717, 1.165) is 34.5 Å². The van der Waals surface area contributed by atoms with E-state index in [1.165, 1.54) is 10.4 Å². The fourth-order valence-electron chi connectivity index (χ4n) is 2.29. The highest BCUT2D eigenvalue weighted by Crippen LogP contribution is 2.28. The van der Waals surface area contributed by atoms with Crippen LogP contribution >= 0.6 is 23.1 Å². The van der Waals surface area contributed by atoms with Crippen LogP contribution in [0, 0.1) is 0 Å². The molecule has 23 heavy (non-hydrogen) atoms. The highest BCUT2D eigenvalue weighted by molar-refractivity contribution is 7.98. The van der Waals surface area contributed by atoms with Crippen LogP contribution in [0.3, 0.4) is 0 Å². The van der Waals surface area contributed by atoms with E-state index in [4.69, 9.17) is 4.74 Å². The fraction of sp³-hybridized carbons (Fsp3) is 0.294. The van der Waals surface area contributed by atoms with Crippen molar-refractivity contribution in [1.82, 2.24) is 14.8 Å². The molecule has 0 spiro atoms. The number of thiophene rings is 1. The summed E-state index contributed by atoms with van der Waals surface area (Å²) in [5, 5.41) is 11.8. The molecular formula is C17H19N3OS2. The summed E-state index contributed by atoms with van der Waals surface area (Å²) in [6, 6.07) is 10.3. The Morgan fingerprint density at radius 1 is 1.26 bits per heavy atom. The summed E-state index contributed by atoms with van der Waals surface area (Å²) in [6.45, 7) is 2.17. The zero-order chi connectivity index (χ0) is 16.2. The highest BCUT2D eigenvalue weighted by atomic mass is 32.2. The number of rotatable bonds is 6. The van der Waals surface area contributed by atoms with Gasteiger partial charge in [-0.15, -0.1) is 21.5 Å². The lowest BCUT2D eigenvalue weighted by Gasteiger charge is -2.05. The molecule has 0 aliphatic rings. The van der Waals surface area contributed by atoms with Gasteiger partial charge < -0.3 is 9.30 Å². The van der Waals surface area contributed by atoms with Gasteiger partial charge in [-0.25, -0.2) is 0 Å². The Hall–Kier alpha value is -1.79. The molecule has 0 fully saturated rings. The fourth-order valence-corrected chi connectivity index (χ4v) is 3.95. The summed E-state index contributed by atoms with van der Waals surface area (Å²) in [5.74, 6) is 2.65. The summed E-state index contributed by atoms with van der Waals surface area (Å²) < 4.78 is 7.33. The van der Waals surface area contributed by atoms with Crippen LogP contribution in [0.1, 0.15) is 17.4 Å². The van der Waals surface area contributed by atoms with Crippen molar-refractivity contribution in [3.05, 3.63) is 46.2 Å². The largest absolute Gasteiger partial charge is 0.497 e. The van der Waals surface area contributed by atoms with Crippen LogP contribution in [0.4, 0.5) is 0 Å². The van der Waals surface area contributed by atoms with Crippen molar-refractivity contribution in [3.8, 4) is 17.1 Å². The first kappa shape index (κ1) is 16.1. The van der Waals surface area contributed by atoms with Gasteiger partial charge in [0.25, 0.3) is 0 Å². The number of aromatic nitrogens is 3. The molecule has 4 nitrogen and oxygen atoms in total. The van der Waals surface area contributed by atoms with Crippen LogP contribution in [0.15, 0.2) is 40.9 Å². The number of nitrogens with zero attached hydrogens (tertiary/aromatic N) is 3. The Labute approximate surface area is 144 Å². The second kappa shape index (κ2) is 7.19. The Kier molecular flexibility index (Phi) is 5.03. The van der Waals surface area contributed by atoms with Gasteiger partial charge in [0.2, 0.25) is 0 Å². The second-order valence-corrected chi connectivity index (χ2v) is 7.10. The molecule has 0 unspecified atom stereocenters. The number of aryl methyl sites for hydroxylation is 1. The number of hydrogen-bond donors (Lipinski definition) is 0. The molecule has 0 radical (unpaired) electrons. The van der Waals surface area contributed by atoms with Gasteiger partial charge in [0.15, 0.2) is 11.0 Å². The van der Waals surface area contributed by atoms with Crippen molar-refractivity contribution in [3.63, 3.8) is 0 Å². The molecular weight excluding hydrogens is 326 g/mol. The molecule has 6 heteroatoms. The quantitative estimate of drug-likeness (QED) is 0.621. The van der Waals surface area contributed by atoms with E-state index in [1.54, 1.807) is 30.2 Å². The molecule has 120 valence electrons. The molecule has 3 aromatic rings. The van der Waals surface area contributed by atoms with E-state index in [-0.39, 0.29) is 0 Å². The van der Waals surface area contributed by atoms with Crippen molar-refractivity contribution in [2.24, 2.45) is 7.05 Å². The third kappa shape index (κ3) is 3.59. The van der Waals surface area contributed by atoms with E-state index in [0.29, 0.717) is 0 Å². The van der Waals surface area contributed by atoms with Gasteiger partial charge in [0, 0.05) is 28.6 Å². The summed E-state index contributed by atoms with van der Waals surface area (Å²) in [7, 11) is 3.71. The van der Waals surface area contributed by atoms with Gasteiger partial charge in [-0.1, -0.05) is 30.8 Å². The molecule has 0 atom stereocenters. The molecule has 0 N–H and O–H groups in total. The van der Waals surface area contributed by atoms with Crippen molar-refractivity contribution in [2.75, 3.05) is 7.11 Å². The lowest BCUT2D eigenvalue weighted by molar-refractivity contribution is 0.414. The molecule has 0 saturated carbocycles. The average molecular weight is 345 g/mol. The molecule has 3 rings (SSSR count). The van der Waals surface area contributed by atoms with Crippen LogP contribution < -0.4 is 4.74 Å². The van der Waals surface area contributed by atoms with Gasteiger partial charge in [0.05, 0.1) is 7.11 Å². The van der Waals surface area contributed by atoms with E-state index in [1.807, 2.05) is 19.2 Å². The monoisotopic (exact) mass is 345 g/mol. The van der Waals surface area contributed by atoms with Crippen molar-refractivity contribution in [1.29, 1.82) is 0 Å². The number of methoxy groups -OCH3 is 1. The number of benzene rings is 1. The summed E-state index contributed by atoms with van der Waals surface area (Å²) >= 11 is 3.46. The summed E-state index contributed by atoms with van der Waals surface area (Å²) in [5.41, 5.74) is 2.36.